The van der Waals surface area contributed by atoms with Crippen molar-refractivity contribution < 1.29 is 17.6 Å². The molecule has 0 unspecified atom stereocenters. The van der Waals surface area contributed by atoms with Crippen LogP contribution in [-0.2, 0) is 6.18 Å². The van der Waals surface area contributed by atoms with Crippen molar-refractivity contribution in [1.82, 2.24) is 15.0 Å². The first-order valence-electron chi connectivity index (χ1n) is 6.04. The molecule has 2 heterocycles. The van der Waals surface area contributed by atoms with Gasteiger partial charge in [0.2, 0.25) is 0 Å². The number of halogens is 4. The zero-order valence-corrected chi connectivity index (χ0v) is 10.8. The molecule has 7 heteroatoms. The SMILES string of the molecule is Cc1ccnc2nc(-c3cc(C(F)(F)F)ccc3F)[nH]c12. The number of H-pyrrole nitrogens is 1. The zero-order valence-electron chi connectivity index (χ0n) is 10.8. The Kier molecular flexibility index (Phi) is 2.93. The molecule has 0 atom stereocenters. The number of nitrogens with zero attached hydrogens (tertiary/aromatic N) is 2. The average Bonchev–Trinajstić information content (AvgIpc) is 2.83. The predicted octanol–water partition coefficient (Wildman–Crippen LogP) is 4.09. The maximum Gasteiger partial charge on any atom is 0.416 e. The Labute approximate surface area is 116 Å². The molecule has 3 nitrogen and oxygen atoms in total. The van der Waals surface area contributed by atoms with Crippen LogP contribution in [0.3, 0.4) is 0 Å². The smallest absolute Gasteiger partial charge is 0.336 e. The number of aromatic amines is 1. The van der Waals surface area contributed by atoms with Gasteiger partial charge in [-0.2, -0.15) is 13.2 Å². The van der Waals surface area contributed by atoms with Gasteiger partial charge in [0, 0.05) is 6.20 Å². The molecule has 0 bridgehead atoms. The second-order valence-corrected chi connectivity index (χ2v) is 4.60. The van der Waals surface area contributed by atoms with E-state index in [2.05, 4.69) is 15.0 Å². The highest BCUT2D eigenvalue weighted by atomic mass is 19.4. The lowest BCUT2D eigenvalue weighted by atomic mass is 10.1. The number of pyridine rings is 1. The third-order valence-corrected chi connectivity index (χ3v) is 3.15. The van der Waals surface area contributed by atoms with Gasteiger partial charge in [0.15, 0.2) is 5.65 Å². The molecule has 1 N–H and O–H groups in total. The minimum atomic E-state index is -4.54. The molecule has 108 valence electrons. The topological polar surface area (TPSA) is 41.6 Å². The number of rotatable bonds is 1. The van der Waals surface area contributed by atoms with Crippen molar-refractivity contribution in [3.63, 3.8) is 0 Å². The molecule has 0 spiro atoms. The van der Waals surface area contributed by atoms with Gasteiger partial charge in [-0.15, -0.1) is 0 Å². The van der Waals surface area contributed by atoms with Gasteiger partial charge in [-0.1, -0.05) is 0 Å². The minimum absolute atomic E-state index is 0.0235. The standard InChI is InChI=1S/C14H9F4N3/c1-7-4-5-19-13-11(7)20-12(21-13)9-6-8(14(16,17)18)2-3-10(9)15/h2-6H,1H3,(H,19,20,21). The van der Waals surface area contributed by atoms with Crippen LogP contribution in [-0.4, -0.2) is 15.0 Å². The molecule has 0 saturated carbocycles. The Balaban J connectivity index is 2.20. The van der Waals surface area contributed by atoms with Gasteiger partial charge in [0.05, 0.1) is 16.6 Å². The fourth-order valence-corrected chi connectivity index (χ4v) is 2.05. The van der Waals surface area contributed by atoms with E-state index >= 15 is 0 Å². The third-order valence-electron chi connectivity index (χ3n) is 3.15. The van der Waals surface area contributed by atoms with E-state index in [0.717, 1.165) is 17.7 Å². The van der Waals surface area contributed by atoms with Crippen molar-refractivity contribution >= 4 is 11.2 Å². The van der Waals surface area contributed by atoms with E-state index in [-0.39, 0.29) is 11.4 Å². The number of hydrogen-bond donors (Lipinski definition) is 1. The molecular formula is C14H9F4N3. The highest BCUT2D eigenvalue weighted by Gasteiger charge is 2.31. The Hall–Kier alpha value is -2.44. The summed E-state index contributed by atoms with van der Waals surface area (Å²) in [5, 5.41) is 0. The Morgan fingerprint density at radius 1 is 1.14 bits per heavy atom. The molecule has 0 radical (unpaired) electrons. The number of imidazole rings is 1. The second-order valence-electron chi connectivity index (χ2n) is 4.60. The van der Waals surface area contributed by atoms with E-state index < -0.39 is 17.6 Å². The van der Waals surface area contributed by atoms with Crippen LogP contribution in [0.5, 0.6) is 0 Å². The van der Waals surface area contributed by atoms with Gasteiger partial charge < -0.3 is 4.98 Å². The summed E-state index contributed by atoms with van der Waals surface area (Å²) >= 11 is 0. The number of benzene rings is 1. The van der Waals surface area contributed by atoms with E-state index in [9.17, 15) is 17.6 Å². The molecular weight excluding hydrogens is 286 g/mol. The van der Waals surface area contributed by atoms with Gasteiger partial charge in [0.1, 0.15) is 11.6 Å². The molecule has 3 aromatic rings. The van der Waals surface area contributed by atoms with E-state index in [1.807, 2.05) is 0 Å². The first-order valence-corrected chi connectivity index (χ1v) is 6.04. The largest absolute Gasteiger partial charge is 0.416 e. The van der Waals surface area contributed by atoms with Crippen molar-refractivity contribution in [3.05, 3.63) is 47.4 Å². The van der Waals surface area contributed by atoms with Crippen LogP contribution < -0.4 is 0 Å². The third kappa shape index (κ3) is 2.35. The highest BCUT2D eigenvalue weighted by molar-refractivity contribution is 5.78. The van der Waals surface area contributed by atoms with E-state index in [0.29, 0.717) is 17.2 Å². The lowest BCUT2D eigenvalue weighted by Gasteiger charge is -2.08. The van der Waals surface area contributed by atoms with E-state index in [1.165, 1.54) is 6.20 Å². The van der Waals surface area contributed by atoms with Crippen LogP contribution >= 0.6 is 0 Å². The number of aromatic nitrogens is 3. The van der Waals surface area contributed by atoms with Crippen LogP contribution in [0.25, 0.3) is 22.6 Å². The van der Waals surface area contributed by atoms with Gasteiger partial charge >= 0.3 is 6.18 Å². The first-order chi connectivity index (χ1) is 9.86. The number of nitrogens with one attached hydrogen (secondary N) is 1. The molecule has 0 saturated heterocycles. The summed E-state index contributed by atoms with van der Waals surface area (Å²) in [5.41, 5.74) is 0.573. The lowest BCUT2D eigenvalue weighted by molar-refractivity contribution is -0.137. The number of aryl methyl sites for hydroxylation is 1. The van der Waals surface area contributed by atoms with Crippen LogP contribution in [0.2, 0.25) is 0 Å². The van der Waals surface area contributed by atoms with Crippen LogP contribution in [0.1, 0.15) is 11.1 Å². The predicted molar refractivity (Wildman–Crippen MR) is 69.0 cm³/mol. The number of hydrogen-bond acceptors (Lipinski definition) is 2. The summed E-state index contributed by atoms with van der Waals surface area (Å²) < 4.78 is 52.0. The molecule has 0 fully saturated rings. The van der Waals surface area contributed by atoms with Crippen LogP contribution in [0.4, 0.5) is 17.6 Å². The van der Waals surface area contributed by atoms with Gasteiger partial charge in [-0.25, -0.2) is 14.4 Å². The quantitative estimate of drug-likeness (QED) is 0.687. The summed E-state index contributed by atoms with van der Waals surface area (Å²) in [7, 11) is 0. The monoisotopic (exact) mass is 295 g/mol. The molecule has 0 aliphatic rings. The van der Waals surface area contributed by atoms with Crippen molar-refractivity contribution in [1.29, 1.82) is 0 Å². The average molecular weight is 295 g/mol. The Morgan fingerprint density at radius 2 is 1.90 bits per heavy atom. The molecule has 21 heavy (non-hydrogen) atoms. The molecule has 0 aliphatic heterocycles. The van der Waals surface area contributed by atoms with Crippen LogP contribution in [0.15, 0.2) is 30.5 Å². The lowest BCUT2D eigenvalue weighted by Crippen LogP contribution is -2.05. The summed E-state index contributed by atoms with van der Waals surface area (Å²) in [6.45, 7) is 1.80. The first kappa shape index (κ1) is 13.5. The molecule has 2 aromatic heterocycles. The maximum atomic E-state index is 13.8. The maximum absolute atomic E-state index is 13.8. The molecule has 1 aromatic carbocycles. The number of fused-ring (bicyclic) bond motifs is 1. The summed E-state index contributed by atoms with van der Waals surface area (Å²) in [6, 6.07) is 3.95. The molecule has 0 amide bonds. The van der Waals surface area contributed by atoms with Crippen molar-refractivity contribution in [3.8, 4) is 11.4 Å². The molecule has 3 rings (SSSR count). The normalized spacial score (nSPS) is 12.0. The van der Waals surface area contributed by atoms with Gasteiger partial charge in [-0.3, -0.25) is 0 Å². The van der Waals surface area contributed by atoms with Crippen LogP contribution in [0, 0.1) is 12.7 Å². The summed E-state index contributed by atoms with van der Waals surface area (Å²) in [4.78, 5) is 10.9. The van der Waals surface area contributed by atoms with Gasteiger partial charge in [-0.05, 0) is 36.8 Å². The van der Waals surface area contributed by atoms with Gasteiger partial charge in [0.25, 0.3) is 0 Å². The Morgan fingerprint density at radius 3 is 2.57 bits per heavy atom. The fraction of sp³-hybridized carbons (Fsp3) is 0.143. The summed E-state index contributed by atoms with van der Waals surface area (Å²) in [5.74, 6) is -0.755. The fourth-order valence-electron chi connectivity index (χ4n) is 2.05. The second kappa shape index (κ2) is 4.54. The number of alkyl halides is 3. The Bertz CT molecular complexity index is 821. The summed E-state index contributed by atoms with van der Waals surface area (Å²) in [6.07, 6.45) is -3.01. The van der Waals surface area contributed by atoms with Crippen molar-refractivity contribution in [2.24, 2.45) is 0 Å². The van der Waals surface area contributed by atoms with Crippen molar-refractivity contribution in [2.75, 3.05) is 0 Å². The van der Waals surface area contributed by atoms with E-state index in [1.54, 1.807) is 13.0 Å². The highest BCUT2D eigenvalue weighted by Crippen LogP contribution is 2.33. The zero-order chi connectivity index (χ0) is 15.2. The minimum Gasteiger partial charge on any atom is -0.336 e. The molecule has 0 aliphatic carbocycles. The van der Waals surface area contributed by atoms with Crippen molar-refractivity contribution in [2.45, 2.75) is 13.1 Å². The van der Waals surface area contributed by atoms with E-state index in [4.69, 9.17) is 0 Å².